The van der Waals surface area contributed by atoms with Crippen molar-refractivity contribution in [3.8, 4) is 0 Å². The van der Waals surface area contributed by atoms with Crippen LogP contribution < -0.4 is 5.32 Å². The second-order valence-electron chi connectivity index (χ2n) is 15.1. The molecule has 1 amide bonds. The fourth-order valence-corrected chi connectivity index (χ4v) is 7.23. The maximum atomic E-state index is 14.1. The van der Waals surface area contributed by atoms with Crippen LogP contribution in [0.5, 0.6) is 0 Å². The van der Waals surface area contributed by atoms with Gasteiger partial charge in [-0.2, -0.15) is 0 Å². The molecule has 17 nitrogen and oxygen atoms in total. The Morgan fingerprint density at radius 2 is 0.818 bits per heavy atom. The molecule has 2 heterocycles. The smallest absolute Gasteiger partial charge is 0.338 e. The van der Waals surface area contributed by atoms with Gasteiger partial charge in [-0.1, -0.05) is 91.0 Å². The molecule has 0 bridgehead atoms. The van der Waals surface area contributed by atoms with Crippen molar-refractivity contribution < 1.29 is 76.9 Å². The van der Waals surface area contributed by atoms with Crippen LogP contribution in [0.3, 0.4) is 0 Å². The van der Waals surface area contributed by atoms with Gasteiger partial charge in [0, 0.05) is 6.92 Å². The number of hydrogen-bond acceptors (Lipinski definition) is 16. The molecule has 0 unspecified atom stereocenters. The van der Waals surface area contributed by atoms with E-state index in [1.165, 1.54) is 60.7 Å². The first-order valence-corrected chi connectivity index (χ1v) is 20.8. The lowest BCUT2D eigenvalue weighted by Gasteiger charge is -2.48. The van der Waals surface area contributed by atoms with E-state index in [2.05, 4.69) is 5.32 Å². The number of aliphatic hydroxyl groups excluding tert-OH is 2. The highest BCUT2D eigenvalue weighted by Crippen LogP contribution is 2.35. The summed E-state index contributed by atoms with van der Waals surface area (Å²) in [6, 6.07) is 37.5. The van der Waals surface area contributed by atoms with Crippen molar-refractivity contribution in [1.29, 1.82) is 0 Å². The second kappa shape index (κ2) is 22.1. The van der Waals surface area contributed by atoms with Crippen LogP contribution in [0, 0.1) is 0 Å². The molecule has 2 aliphatic heterocycles. The van der Waals surface area contributed by atoms with Crippen LogP contribution >= 0.6 is 0 Å². The lowest BCUT2D eigenvalue weighted by molar-refractivity contribution is -0.343. The zero-order valence-corrected chi connectivity index (χ0v) is 35.2. The number of nitrogens with one attached hydrogen (secondary N) is 1. The molecule has 0 radical (unpaired) electrons. The van der Waals surface area contributed by atoms with Gasteiger partial charge in [-0.05, 0) is 60.7 Å². The molecule has 3 N–H and O–H groups in total. The lowest BCUT2D eigenvalue weighted by atomic mass is 9.95. The van der Waals surface area contributed by atoms with Crippen LogP contribution in [0.1, 0.15) is 58.7 Å². The third-order valence-electron chi connectivity index (χ3n) is 10.5. The van der Waals surface area contributed by atoms with Gasteiger partial charge in [0.05, 0.1) is 27.8 Å². The van der Waals surface area contributed by atoms with Crippen LogP contribution in [0.25, 0.3) is 0 Å². The molecule has 0 saturated carbocycles. The number of carbonyl (C=O) groups is 6. The molecule has 5 aromatic rings. The van der Waals surface area contributed by atoms with Gasteiger partial charge in [-0.3, -0.25) is 4.79 Å². The van der Waals surface area contributed by atoms with Gasteiger partial charge >= 0.3 is 29.8 Å². The predicted octanol–water partition coefficient (Wildman–Crippen LogP) is 4.07. The van der Waals surface area contributed by atoms with Crippen molar-refractivity contribution in [2.45, 2.75) is 68.3 Å². The summed E-state index contributed by atoms with van der Waals surface area (Å²) in [6.07, 6.45) is -15.9. The molecule has 66 heavy (non-hydrogen) atoms. The van der Waals surface area contributed by atoms with Crippen molar-refractivity contribution in [3.05, 3.63) is 179 Å². The number of aliphatic hydroxyl groups is 2. The first-order chi connectivity index (χ1) is 32.0. The van der Waals surface area contributed by atoms with Crippen molar-refractivity contribution in [3.63, 3.8) is 0 Å². The Labute approximate surface area is 378 Å². The topological polar surface area (TPSA) is 229 Å². The Kier molecular flexibility index (Phi) is 15.6. The number of esters is 5. The van der Waals surface area contributed by atoms with Gasteiger partial charge in [0.2, 0.25) is 5.91 Å². The van der Waals surface area contributed by atoms with Crippen molar-refractivity contribution in [1.82, 2.24) is 5.32 Å². The normalized spacial score (nSPS) is 24.7. The summed E-state index contributed by atoms with van der Waals surface area (Å²) in [4.78, 5) is 80.9. The Morgan fingerprint density at radius 1 is 0.470 bits per heavy atom. The number of benzene rings is 5. The minimum atomic E-state index is -1.94. The summed E-state index contributed by atoms with van der Waals surface area (Å²) >= 11 is 0. The van der Waals surface area contributed by atoms with Gasteiger partial charge in [0.15, 0.2) is 30.9 Å². The quantitative estimate of drug-likeness (QED) is 0.0994. The molecular weight excluding hydrogens is 859 g/mol. The van der Waals surface area contributed by atoms with Gasteiger partial charge in [-0.25, -0.2) is 24.0 Å². The van der Waals surface area contributed by atoms with Crippen LogP contribution in [0.15, 0.2) is 152 Å². The average Bonchev–Trinajstić information content (AvgIpc) is 3.35. The van der Waals surface area contributed by atoms with Crippen LogP contribution in [-0.4, -0.2) is 121 Å². The highest BCUT2D eigenvalue weighted by Gasteiger charge is 2.56. The molecule has 2 saturated heterocycles. The second-order valence-corrected chi connectivity index (χ2v) is 15.1. The van der Waals surface area contributed by atoms with Gasteiger partial charge in [0.1, 0.15) is 43.7 Å². The lowest BCUT2D eigenvalue weighted by Crippen LogP contribution is -2.68. The van der Waals surface area contributed by atoms with E-state index in [1.54, 1.807) is 91.0 Å². The molecular formula is C49H45NO16. The standard InChI is InChI=1S/C49H45NO16/c1-29(51)50-37-38(52)39(35(61-48(37)58)27-59-43(53)30-17-7-2-8-18-30)66-49-42(65-47(57)34-25-15-6-16-26-34)41(64-46(56)33-23-13-5-14-24-33)40(63-45(55)32-21-11-4-12-22-32)36(62-49)28-60-44(54)31-19-9-3-10-20-31/h2-26,35-42,48-49,52,58H,27-28H2,1H3,(H,50,51)/t35-,36-,37-,38-,39-,40+,41+,42-,48+,49+/m1/s1. The maximum Gasteiger partial charge on any atom is 0.338 e. The molecule has 0 aliphatic carbocycles. The van der Waals surface area contributed by atoms with E-state index < -0.39 is 110 Å². The number of ether oxygens (including phenoxy) is 8. The highest BCUT2D eigenvalue weighted by molar-refractivity contribution is 5.92. The Morgan fingerprint density at radius 3 is 1.21 bits per heavy atom. The molecule has 7 rings (SSSR count). The van der Waals surface area contributed by atoms with E-state index >= 15 is 0 Å². The van der Waals surface area contributed by atoms with E-state index in [-0.39, 0.29) is 27.8 Å². The van der Waals surface area contributed by atoms with E-state index in [9.17, 15) is 39.0 Å². The summed E-state index contributed by atoms with van der Waals surface area (Å²) in [7, 11) is 0. The monoisotopic (exact) mass is 903 g/mol. The molecule has 5 aromatic carbocycles. The molecule has 10 atom stereocenters. The van der Waals surface area contributed by atoms with Crippen molar-refractivity contribution in [2.24, 2.45) is 0 Å². The largest absolute Gasteiger partial charge is 0.459 e. The highest BCUT2D eigenvalue weighted by atomic mass is 16.8. The fraction of sp³-hybridized carbons (Fsp3) is 0.265. The molecule has 0 spiro atoms. The number of carbonyl (C=O) groups excluding carboxylic acids is 6. The van der Waals surface area contributed by atoms with E-state index in [0.29, 0.717) is 0 Å². The maximum absolute atomic E-state index is 14.1. The number of amides is 1. The summed E-state index contributed by atoms with van der Waals surface area (Å²) in [6.45, 7) is -0.202. The molecule has 2 fully saturated rings. The zero-order chi connectivity index (χ0) is 46.6. The third kappa shape index (κ3) is 11.7. The van der Waals surface area contributed by atoms with E-state index in [4.69, 9.17) is 37.9 Å². The Balaban J connectivity index is 1.31. The van der Waals surface area contributed by atoms with Gasteiger partial charge < -0.3 is 53.4 Å². The molecule has 17 heteroatoms. The number of hydrogen-bond donors (Lipinski definition) is 3. The minimum Gasteiger partial charge on any atom is -0.459 e. The summed E-state index contributed by atoms with van der Waals surface area (Å²) in [5.74, 6) is -5.17. The van der Waals surface area contributed by atoms with E-state index in [1.807, 2.05) is 0 Å². The summed E-state index contributed by atoms with van der Waals surface area (Å²) in [5.41, 5.74) is 0.456. The first kappa shape index (κ1) is 46.7. The fourth-order valence-electron chi connectivity index (χ4n) is 7.23. The minimum absolute atomic E-state index is 0.0294. The zero-order valence-electron chi connectivity index (χ0n) is 35.2. The van der Waals surface area contributed by atoms with Crippen LogP contribution in [0.2, 0.25) is 0 Å². The van der Waals surface area contributed by atoms with Gasteiger partial charge in [-0.15, -0.1) is 0 Å². The SMILES string of the molecule is CC(=O)N[C@@H]1[C@@H](O)[C@H](O[C@@H]2O[C@H](COC(=O)c3ccccc3)[C@H](OC(=O)c3ccccc3)[C@H](OC(=O)c3ccccc3)[C@H]2OC(=O)c2ccccc2)[C@@H](COC(=O)c2ccccc2)O[C@@H]1O. The summed E-state index contributed by atoms with van der Waals surface area (Å²) < 4.78 is 48.3. The van der Waals surface area contributed by atoms with Crippen molar-refractivity contribution in [2.75, 3.05) is 13.2 Å². The molecule has 0 aromatic heterocycles. The summed E-state index contributed by atoms with van der Waals surface area (Å²) in [5, 5.41) is 25.3. The average molecular weight is 904 g/mol. The molecule has 2 aliphatic rings. The van der Waals surface area contributed by atoms with E-state index in [0.717, 1.165) is 6.92 Å². The van der Waals surface area contributed by atoms with Crippen LogP contribution in [-0.2, 0) is 42.7 Å². The van der Waals surface area contributed by atoms with Gasteiger partial charge in [0.25, 0.3) is 0 Å². The number of rotatable bonds is 15. The Hall–Kier alpha value is -7.28. The van der Waals surface area contributed by atoms with Crippen molar-refractivity contribution >= 4 is 35.8 Å². The predicted molar refractivity (Wildman–Crippen MR) is 228 cm³/mol. The third-order valence-corrected chi connectivity index (χ3v) is 10.5. The van der Waals surface area contributed by atoms with Crippen LogP contribution in [0.4, 0.5) is 0 Å². The Bertz CT molecular complexity index is 2430. The molecule has 342 valence electrons. The first-order valence-electron chi connectivity index (χ1n) is 20.8.